The first-order chi connectivity index (χ1) is 8.22. The van der Waals surface area contributed by atoms with E-state index < -0.39 is 0 Å². The first-order valence-corrected chi connectivity index (χ1v) is 5.57. The first-order valence-electron chi connectivity index (χ1n) is 5.57. The fraction of sp³-hybridized carbons (Fsp3) is 0.417. The van der Waals surface area contributed by atoms with E-state index in [-0.39, 0.29) is 11.7 Å². The highest BCUT2D eigenvalue weighted by atomic mass is 19.1. The predicted octanol–water partition coefficient (Wildman–Crippen LogP) is 1.06. The van der Waals surface area contributed by atoms with E-state index in [1.807, 2.05) is 0 Å². The fourth-order valence-electron chi connectivity index (χ4n) is 1.24. The van der Waals surface area contributed by atoms with Crippen LogP contribution in [0.1, 0.15) is 12.8 Å². The zero-order chi connectivity index (χ0) is 12.5. The molecule has 0 aliphatic carbocycles. The van der Waals surface area contributed by atoms with Gasteiger partial charge in [0.25, 0.3) is 0 Å². The summed E-state index contributed by atoms with van der Waals surface area (Å²) in [6, 6.07) is 5.83. The number of amides is 1. The molecule has 0 heterocycles. The zero-order valence-corrected chi connectivity index (χ0v) is 9.62. The third-order valence-corrected chi connectivity index (χ3v) is 2.10. The molecule has 0 unspecified atom stereocenters. The quantitative estimate of drug-likeness (QED) is 0.700. The van der Waals surface area contributed by atoms with Crippen molar-refractivity contribution >= 4 is 5.91 Å². The van der Waals surface area contributed by atoms with Crippen LogP contribution in [0.2, 0.25) is 0 Å². The average molecular weight is 240 g/mol. The Kier molecular flexibility index (Phi) is 6.03. The summed E-state index contributed by atoms with van der Waals surface area (Å²) in [5.41, 5.74) is 5.23. The molecule has 0 aliphatic rings. The number of hydrogen-bond donors (Lipinski definition) is 2. The van der Waals surface area contributed by atoms with Gasteiger partial charge in [-0.15, -0.1) is 0 Å². The lowest BCUT2D eigenvalue weighted by atomic mass is 10.3. The van der Waals surface area contributed by atoms with Gasteiger partial charge in [-0.2, -0.15) is 0 Å². The van der Waals surface area contributed by atoms with Crippen LogP contribution in [0.25, 0.3) is 0 Å². The fourth-order valence-corrected chi connectivity index (χ4v) is 1.24. The van der Waals surface area contributed by atoms with Crippen molar-refractivity contribution in [3.63, 3.8) is 0 Å². The molecule has 17 heavy (non-hydrogen) atoms. The third-order valence-electron chi connectivity index (χ3n) is 2.10. The molecule has 0 aliphatic heterocycles. The van der Waals surface area contributed by atoms with Gasteiger partial charge < -0.3 is 15.8 Å². The lowest BCUT2D eigenvalue weighted by Crippen LogP contribution is -2.27. The highest BCUT2D eigenvalue weighted by molar-refractivity contribution is 5.75. The van der Waals surface area contributed by atoms with E-state index in [4.69, 9.17) is 10.5 Å². The lowest BCUT2D eigenvalue weighted by Gasteiger charge is -2.07. The second-order valence-corrected chi connectivity index (χ2v) is 3.54. The summed E-state index contributed by atoms with van der Waals surface area (Å²) in [7, 11) is 0. The highest BCUT2D eigenvalue weighted by Gasteiger charge is 1.98. The van der Waals surface area contributed by atoms with Gasteiger partial charge in [-0.25, -0.2) is 4.39 Å². The molecule has 1 rings (SSSR count). The Balaban J connectivity index is 2.08. The van der Waals surface area contributed by atoms with Crippen LogP contribution < -0.4 is 15.8 Å². The van der Waals surface area contributed by atoms with E-state index >= 15 is 0 Å². The van der Waals surface area contributed by atoms with E-state index in [0.717, 1.165) is 0 Å². The van der Waals surface area contributed by atoms with E-state index in [0.29, 0.717) is 38.3 Å². The van der Waals surface area contributed by atoms with Crippen molar-refractivity contribution in [2.75, 3.05) is 19.7 Å². The molecule has 0 fully saturated rings. The maximum Gasteiger partial charge on any atom is 0.221 e. The van der Waals surface area contributed by atoms with E-state index in [9.17, 15) is 9.18 Å². The summed E-state index contributed by atoms with van der Waals surface area (Å²) in [5.74, 6) is 0.292. The molecule has 0 saturated heterocycles. The van der Waals surface area contributed by atoms with Gasteiger partial charge in [-0.1, -0.05) is 0 Å². The molecular formula is C12H17FN2O2. The Morgan fingerprint density at radius 3 is 2.71 bits per heavy atom. The molecule has 0 radical (unpaired) electrons. The van der Waals surface area contributed by atoms with Crippen LogP contribution in [0.5, 0.6) is 5.75 Å². The van der Waals surface area contributed by atoms with Crippen molar-refractivity contribution in [2.24, 2.45) is 5.73 Å². The van der Waals surface area contributed by atoms with E-state index in [1.54, 1.807) is 12.1 Å². The van der Waals surface area contributed by atoms with E-state index in [2.05, 4.69) is 5.32 Å². The summed E-state index contributed by atoms with van der Waals surface area (Å²) in [6.45, 7) is 1.40. The largest absolute Gasteiger partial charge is 0.494 e. The number of rotatable bonds is 7. The van der Waals surface area contributed by atoms with Crippen LogP contribution in [0, 0.1) is 5.82 Å². The van der Waals surface area contributed by atoms with Crippen LogP contribution >= 0.6 is 0 Å². The van der Waals surface area contributed by atoms with Gasteiger partial charge in [0.1, 0.15) is 11.6 Å². The van der Waals surface area contributed by atoms with Crippen molar-refractivity contribution in [3.8, 4) is 5.75 Å². The van der Waals surface area contributed by atoms with Gasteiger partial charge in [-0.3, -0.25) is 4.79 Å². The van der Waals surface area contributed by atoms with Gasteiger partial charge in [0.15, 0.2) is 0 Å². The van der Waals surface area contributed by atoms with Gasteiger partial charge >= 0.3 is 0 Å². The molecule has 0 atom stereocenters. The number of hydrogen-bond acceptors (Lipinski definition) is 3. The molecule has 0 aromatic heterocycles. The second kappa shape index (κ2) is 7.62. The van der Waals surface area contributed by atoms with E-state index in [1.165, 1.54) is 12.1 Å². The Hall–Kier alpha value is -1.62. The van der Waals surface area contributed by atoms with Crippen LogP contribution in [0.15, 0.2) is 24.3 Å². The molecule has 1 aromatic rings. The van der Waals surface area contributed by atoms with Crippen molar-refractivity contribution in [2.45, 2.75) is 12.8 Å². The summed E-state index contributed by atoms with van der Waals surface area (Å²) in [4.78, 5) is 11.0. The van der Waals surface area contributed by atoms with Gasteiger partial charge in [-0.05, 0) is 30.7 Å². The number of carbonyl (C=O) groups excluding carboxylic acids is 1. The molecule has 1 amide bonds. The molecule has 94 valence electrons. The normalized spacial score (nSPS) is 10.0. The smallest absolute Gasteiger partial charge is 0.221 e. The van der Waals surface area contributed by atoms with Crippen LogP contribution in [-0.2, 0) is 4.79 Å². The molecule has 0 spiro atoms. The zero-order valence-electron chi connectivity index (χ0n) is 9.62. The Morgan fingerprint density at radius 2 is 2.06 bits per heavy atom. The van der Waals surface area contributed by atoms with Crippen LogP contribution in [-0.4, -0.2) is 25.6 Å². The van der Waals surface area contributed by atoms with Crippen LogP contribution in [0.4, 0.5) is 4.39 Å². The average Bonchev–Trinajstić information content (AvgIpc) is 2.31. The van der Waals surface area contributed by atoms with Crippen molar-refractivity contribution in [1.29, 1.82) is 0 Å². The van der Waals surface area contributed by atoms with Crippen molar-refractivity contribution < 1.29 is 13.9 Å². The summed E-state index contributed by atoms with van der Waals surface area (Å²) in [5, 5.41) is 2.72. The standard InChI is InChI=1S/C12H17FN2O2/c13-10-2-4-11(5-3-10)17-9-1-8-15-12(16)6-7-14/h2-5H,1,6-9,14H2,(H,15,16). The SMILES string of the molecule is NCCC(=O)NCCCOc1ccc(F)cc1. The monoisotopic (exact) mass is 240 g/mol. The Bertz CT molecular complexity index is 341. The number of nitrogens with two attached hydrogens (primary N) is 1. The summed E-state index contributed by atoms with van der Waals surface area (Å²) < 4.78 is 17.9. The van der Waals surface area contributed by atoms with Gasteiger partial charge in [0, 0.05) is 19.5 Å². The molecular weight excluding hydrogens is 223 g/mol. The van der Waals surface area contributed by atoms with Crippen LogP contribution in [0.3, 0.4) is 0 Å². The maximum atomic E-state index is 12.6. The predicted molar refractivity (Wildman–Crippen MR) is 63.2 cm³/mol. The van der Waals surface area contributed by atoms with Gasteiger partial charge in [0.05, 0.1) is 6.61 Å². The highest BCUT2D eigenvalue weighted by Crippen LogP contribution is 2.10. The minimum atomic E-state index is -0.286. The Morgan fingerprint density at radius 1 is 1.35 bits per heavy atom. The number of carbonyl (C=O) groups is 1. The molecule has 0 bridgehead atoms. The molecule has 0 saturated carbocycles. The van der Waals surface area contributed by atoms with Crippen molar-refractivity contribution in [3.05, 3.63) is 30.1 Å². The molecule has 5 heteroatoms. The molecule has 1 aromatic carbocycles. The minimum Gasteiger partial charge on any atom is -0.494 e. The number of ether oxygens (including phenoxy) is 1. The Labute approximate surface area is 100.0 Å². The number of nitrogens with one attached hydrogen (secondary N) is 1. The summed E-state index contributed by atoms with van der Waals surface area (Å²) in [6.07, 6.45) is 1.05. The third kappa shape index (κ3) is 5.87. The molecule has 4 nitrogen and oxygen atoms in total. The summed E-state index contributed by atoms with van der Waals surface area (Å²) >= 11 is 0. The minimum absolute atomic E-state index is 0.0470. The second-order valence-electron chi connectivity index (χ2n) is 3.54. The number of halogens is 1. The first kappa shape index (κ1) is 13.4. The van der Waals surface area contributed by atoms with Gasteiger partial charge in [0.2, 0.25) is 5.91 Å². The topological polar surface area (TPSA) is 64.4 Å². The number of benzene rings is 1. The molecule has 3 N–H and O–H groups in total. The van der Waals surface area contributed by atoms with Crippen molar-refractivity contribution in [1.82, 2.24) is 5.32 Å². The lowest BCUT2D eigenvalue weighted by molar-refractivity contribution is -0.120. The maximum absolute atomic E-state index is 12.6.